The molecule has 3 heteroatoms. The molecule has 2 atom stereocenters. The maximum absolute atomic E-state index is 8.55. The van der Waals surface area contributed by atoms with Gasteiger partial charge in [0.15, 0.2) is 0 Å². The van der Waals surface area contributed by atoms with Crippen LogP contribution in [0.1, 0.15) is 13.8 Å². The fourth-order valence-corrected chi connectivity index (χ4v) is 0. The molecule has 1 N–H and O–H groups in total. The SMILES string of the molecule is CC(O)C(C)S.[Bi]. The molecule has 2 unspecified atom stereocenters. The number of thiol groups is 1. The van der Waals surface area contributed by atoms with E-state index in [9.17, 15) is 0 Å². The molecular formula is C4H10BiOS. The quantitative estimate of drug-likeness (QED) is 0.527. The molecule has 0 aliphatic carbocycles. The van der Waals surface area contributed by atoms with Crippen LogP contribution in [0.5, 0.6) is 0 Å². The Morgan fingerprint density at radius 1 is 1.43 bits per heavy atom. The minimum Gasteiger partial charge on any atom is -0.392 e. The standard InChI is InChI=1S/C4H10OS.Bi/c1-3(5)4(2)6;/h3-6H,1-2H3;. The van der Waals surface area contributed by atoms with Gasteiger partial charge in [0.1, 0.15) is 0 Å². The third kappa shape index (κ3) is 7.19. The Morgan fingerprint density at radius 2 is 1.57 bits per heavy atom. The average Bonchev–Trinajstić information content (AvgIpc) is 1.36. The number of aliphatic hydroxyl groups is 1. The summed E-state index contributed by atoms with van der Waals surface area (Å²) in [6, 6.07) is 0. The fraction of sp³-hybridized carbons (Fsp3) is 1.00. The molecule has 7 heavy (non-hydrogen) atoms. The molecule has 0 saturated carbocycles. The number of aliphatic hydroxyl groups excluding tert-OH is 1. The Hall–Kier alpha value is 1.19. The van der Waals surface area contributed by atoms with Crippen LogP contribution in [0.15, 0.2) is 0 Å². The van der Waals surface area contributed by atoms with Gasteiger partial charge >= 0.3 is 0 Å². The van der Waals surface area contributed by atoms with E-state index in [1.54, 1.807) is 6.92 Å². The second-order valence-corrected chi connectivity index (χ2v) is 2.30. The van der Waals surface area contributed by atoms with Crippen molar-refractivity contribution in [3.05, 3.63) is 0 Å². The van der Waals surface area contributed by atoms with E-state index in [-0.39, 0.29) is 37.6 Å². The Morgan fingerprint density at radius 3 is 1.57 bits per heavy atom. The Balaban J connectivity index is 0. The Kier molecular flexibility index (Phi) is 8.42. The van der Waals surface area contributed by atoms with Gasteiger partial charge in [-0.15, -0.1) is 0 Å². The van der Waals surface area contributed by atoms with Crippen LogP contribution in [0.4, 0.5) is 0 Å². The molecule has 0 amide bonds. The zero-order valence-electron chi connectivity index (χ0n) is 4.50. The third-order valence-corrected chi connectivity index (χ3v) is 1.13. The van der Waals surface area contributed by atoms with Crippen molar-refractivity contribution in [1.82, 2.24) is 0 Å². The van der Waals surface area contributed by atoms with Crippen LogP contribution in [0.3, 0.4) is 0 Å². The first-order valence-corrected chi connectivity index (χ1v) is 2.52. The van der Waals surface area contributed by atoms with Gasteiger partial charge in [-0.25, -0.2) is 0 Å². The summed E-state index contributed by atoms with van der Waals surface area (Å²) >= 11 is 3.94. The van der Waals surface area contributed by atoms with Crippen LogP contribution in [0, 0.1) is 0 Å². The molecule has 1 nitrogen and oxygen atoms in total. The van der Waals surface area contributed by atoms with Crippen molar-refractivity contribution >= 4 is 38.8 Å². The number of hydrogen-bond acceptors (Lipinski definition) is 2. The first kappa shape index (κ1) is 11.1. The van der Waals surface area contributed by atoms with Gasteiger partial charge in [-0.2, -0.15) is 12.6 Å². The van der Waals surface area contributed by atoms with E-state index in [1.165, 1.54) is 0 Å². The van der Waals surface area contributed by atoms with Crippen LogP contribution in [-0.4, -0.2) is 42.7 Å². The molecule has 0 rings (SSSR count). The molecule has 0 aromatic carbocycles. The van der Waals surface area contributed by atoms with Gasteiger partial charge in [-0.3, -0.25) is 0 Å². The van der Waals surface area contributed by atoms with Gasteiger partial charge in [0.05, 0.1) is 6.10 Å². The van der Waals surface area contributed by atoms with E-state index in [0.717, 1.165) is 0 Å². The number of rotatable bonds is 1. The van der Waals surface area contributed by atoms with Crippen LogP contribution >= 0.6 is 12.6 Å². The summed E-state index contributed by atoms with van der Waals surface area (Å²) in [5, 5.41) is 8.66. The van der Waals surface area contributed by atoms with E-state index < -0.39 is 0 Å². The van der Waals surface area contributed by atoms with Crippen molar-refractivity contribution in [1.29, 1.82) is 0 Å². The van der Waals surface area contributed by atoms with E-state index in [1.807, 2.05) is 6.92 Å². The van der Waals surface area contributed by atoms with Gasteiger partial charge < -0.3 is 5.11 Å². The zero-order chi connectivity index (χ0) is 5.15. The van der Waals surface area contributed by atoms with Gasteiger partial charge in [0.2, 0.25) is 0 Å². The first-order chi connectivity index (χ1) is 2.64. The molecule has 3 radical (unpaired) electrons. The van der Waals surface area contributed by atoms with E-state index in [2.05, 4.69) is 12.6 Å². The van der Waals surface area contributed by atoms with Crippen molar-refractivity contribution < 1.29 is 5.11 Å². The Labute approximate surface area is 69.0 Å². The van der Waals surface area contributed by atoms with Crippen molar-refractivity contribution in [3.8, 4) is 0 Å². The maximum Gasteiger partial charge on any atom is 0.0625 e. The summed E-state index contributed by atoms with van der Waals surface area (Å²) < 4.78 is 0. The van der Waals surface area contributed by atoms with Crippen molar-refractivity contribution in [2.24, 2.45) is 0 Å². The maximum atomic E-state index is 8.55. The zero-order valence-corrected chi connectivity index (χ0v) is 8.87. The third-order valence-electron chi connectivity index (χ3n) is 0.698. The summed E-state index contributed by atoms with van der Waals surface area (Å²) in [6.45, 7) is 3.57. The molecule has 0 fully saturated rings. The van der Waals surface area contributed by atoms with Crippen molar-refractivity contribution in [2.75, 3.05) is 0 Å². The second-order valence-electron chi connectivity index (χ2n) is 1.48. The largest absolute Gasteiger partial charge is 0.392 e. The summed E-state index contributed by atoms with van der Waals surface area (Å²) in [7, 11) is 0. The summed E-state index contributed by atoms with van der Waals surface area (Å²) in [4.78, 5) is 0. The number of hydrogen-bond donors (Lipinski definition) is 2. The fourth-order valence-electron chi connectivity index (χ4n) is 0. The molecule has 0 saturated heterocycles. The first-order valence-electron chi connectivity index (χ1n) is 2.00. The van der Waals surface area contributed by atoms with Gasteiger partial charge in [-0.1, -0.05) is 6.92 Å². The Bertz CT molecular complexity index is 32.7. The van der Waals surface area contributed by atoms with Crippen LogP contribution in [-0.2, 0) is 0 Å². The van der Waals surface area contributed by atoms with Crippen molar-refractivity contribution in [2.45, 2.75) is 25.2 Å². The molecule has 0 heterocycles. The summed E-state index contributed by atoms with van der Waals surface area (Å²) in [5.41, 5.74) is 0. The average molecular weight is 315 g/mol. The molecule has 0 bridgehead atoms. The van der Waals surface area contributed by atoms with Crippen LogP contribution in [0.2, 0.25) is 0 Å². The minimum atomic E-state index is -0.284. The summed E-state index contributed by atoms with van der Waals surface area (Å²) in [5.74, 6) is 0. The van der Waals surface area contributed by atoms with E-state index in [4.69, 9.17) is 5.11 Å². The van der Waals surface area contributed by atoms with Gasteiger partial charge in [0.25, 0.3) is 0 Å². The van der Waals surface area contributed by atoms with Gasteiger partial charge in [0, 0.05) is 31.5 Å². The molecule has 0 aliphatic heterocycles. The smallest absolute Gasteiger partial charge is 0.0625 e. The predicted molar refractivity (Wildman–Crippen MR) is 35.9 cm³/mol. The van der Waals surface area contributed by atoms with E-state index in [0.29, 0.717) is 0 Å². The van der Waals surface area contributed by atoms with Crippen molar-refractivity contribution in [3.63, 3.8) is 0 Å². The van der Waals surface area contributed by atoms with Crippen LogP contribution in [0.25, 0.3) is 0 Å². The normalized spacial score (nSPS) is 17.1. The van der Waals surface area contributed by atoms with E-state index >= 15 is 0 Å². The topological polar surface area (TPSA) is 20.2 Å². The van der Waals surface area contributed by atoms with Crippen LogP contribution < -0.4 is 0 Å². The molecule has 0 spiro atoms. The molecular weight excluding hydrogens is 305 g/mol. The predicted octanol–water partition coefficient (Wildman–Crippen LogP) is 0.305. The van der Waals surface area contributed by atoms with Gasteiger partial charge in [-0.05, 0) is 6.92 Å². The molecule has 0 aromatic rings. The summed E-state index contributed by atoms with van der Waals surface area (Å²) in [6.07, 6.45) is -0.284. The second kappa shape index (κ2) is 5.33. The molecule has 0 aromatic heterocycles. The molecule has 0 aliphatic rings. The monoisotopic (exact) mass is 315 g/mol. The molecule has 43 valence electrons. The minimum absolute atomic E-state index is 0.